The Morgan fingerprint density at radius 2 is 1.34 bits per heavy atom. The Labute approximate surface area is 241 Å². The molecular weight excluding hydrogens is 607 g/mol. The van der Waals surface area contributed by atoms with E-state index < -0.39 is 9.85 Å². The first-order chi connectivity index (χ1) is 17.8. The summed E-state index contributed by atoms with van der Waals surface area (Å²) >= 11 is 14.1. The van der Waals surface area contributed by atoms with Crippen molar-refractivity contribution >= 4 is 50.5 Å². The number of aliphatic hydroxyl groups excluding tert-OH is 1. The molecule has 0 unspecified atom stereocenters. The minimum atomic E-state index is -0.523. The van der Waals surface area contributed by atoms with Crippen LogP contribution in [-0.2, 0) is 18.0 Å². The maximum atomic E-state index is 10.7. The summed E-state index contributed by atoms with van der Waals surface area (Å²) in [4.78, 5) is 20.2. The zero-order valence-corrected chi connectivity index (χ0v) is 23.1. The fourth-order valence-corrected chi connectivity index (χ4v) is 2.58. The van der Waals surface area contributed by atoms with Gasteiger partial charge in [0.05, 0.1) is 41.4 Å². The van der Waals surface area contributed by atoms with E-state index in [9.17, 15) is 20.2 Å². The largest absolute Gasteiger partial charge is 0.492 e. The lowest BCUT2D eigenvalue weighted by atomic mass is 10.2. The van der Waals surface area contributed by atoms with Gasteiger partial charge in [0.25, 0.3) is 11.4 Å². The number of ether oxygens (including phenoxy) is 3. The summed E-state index contributed by atoms with van der Waals surface area (Å²) in [5, 5.41) is 31.0. The lowest BCUT2D eigenvalue weighted by molar-refractivity contribution is -0.385. The highest BCUT2D eigenvalue weighted by Gasteiger charge is 2.12. The summed E-state index contributed by atoms with van der Waals surface area (Å²) in [6, 6.07) is 8.44. The molecule has 0 heterocycles. The molecule has 0 amide bonds. The number of nitro benzene ring substituents is 2. The van der Waals surface area contributed by atoms with Gasteiger partial charge in [-0.2, -0.15) is 0 Å². The minimum Gasteiger partial charge on any atom is -0.492 e. The third-order valence-electron chi connectivity index (χ3n) is 3.95. The van der Waals surface area contributed by atoms with Crippen molar-refractivity contribution in [2.45, 2.75) is 20.6 Å². The molecule has 0 aromatic heterocycles. The fourth-order valence-electron chi connectivity index (χ4n) is 2.43. The number of aliphatic hydroxyl groups is 1. The van der Waals surface area contributed by atoms with Gasteiger partial charge in [-0.1, -0.05) is 35.5 Å². The molecule has 0 spiro atoms. The van der Waals surface area contributed by atoms with Gasteiger partial charge < -0.3 is 19.3 Å². The summed E-state index contributed by atoms with van der Waals surface area (Å²) < 4.78 is 15.9. The van der Waals surface area contributed by atoms with Gasteiger partial charge in [0.15, 0.2) is 0 Å². The third kappa shape index (κ3) is 15.5. The van der Waals surface area contributed by atoms with Gasteiger partial charge in [-0.05, 0) is 12.1 Å². The molecule has 0 atom stereocenters. The van der Waals surface area contributed by atoms with E-state index >= 15 is 0 Å². The monoisotopic (exact) mass is 638 g/mol. The van der Waals surface area contributed by atoms with E-state index in [1.807, 2.05) is 0 Å². The first-order valence-electron chi connectivity index (χ1n) is 10.7. The van der Waals surface area contributed by atoms with Crippen LogP contribution in [-0.4, -0.2) is 51.9 Å². The minimum absolute atomic E-state index is 0. The maximum absolute atomic E-state index is 10.7. The van der Waals surface area contributed by atoms with Crippen LogP contribution >= 0.6 is 39.1 Å². The first kappa shape index (κ1) is 37.5. The number of nitro groups is 2. The Balaban J connectivity index is 0. The van der Waals surface area contributed by atoms with Crippen molar-refractivity contribution in [2.24, 2.45) is 0 Å². The number of alkyl halides is 3. The standard InChI is InChI=1S/C12H14ClNO4.C9H10ClNO4.C3H5Br.CH4/c1-2-6-17-9-10-8-11(14(15)16)3-4-12(10)18-7-5-13;10-3-4-15-9-2-1-8(11(13)14)5-7(9)6-12;1-2-3-4;/h2-4,8H,1,5-7,9H2;1-2,5,12H,3-4,6H2;2H,1,3H2;1H4. The van der Waals surface area contributed by atoms with Gasteiger partial charge in [0.1, 0.15) is 24.7 Å². The highest BCUT2D eigenvalue weighted by atomic mass is 79.9. The Bertz CT molecular complexity index is 996. The molecule has 10 nitrogen and oxygen atoms in total. The van der Waals surface area contributed by atoms with Gasteiger partial charge in [-0.15, -0.1) is 36.4 Å². The highest BCUT2D eigenvalue weighted by Crippen LogP contribution is 2.25. The summed E-state index contributed by atoms with van der Waals surface area (Å²) in [6.07, 6.45) is 3.40. The molecule has 2 aromatic carbocycles. The molecule has 0 fully saturated rings. The number of rotatable bonds is 14. The molecular formula is C25H33BrCl2N2O8. The Hall–Kier alpha value is -2.70. The van der Waals surface area contributed by atoms with Gasteiger partial charge in [-0.3, -0.25) is 20.2 Å². The second kappa shape index (κ2) is 23.4. The highest BCUT2D eigenvalue weighted by molar-refractivity contribution is 9.09. The van der Waals surface area contributed by atoms with Crippen LogP contribution in [0.5, 0.6) is 11.5 Å². The Kier molecular flexibility index (Phi) is 23.1. The quantitative estimate of drug-likeness (QED) is 0.0782. The van der Waals surface area contributed by atoms with Crippen molar-refractivity contribution in [1.82, 2.24) is 0 Å². The van der Waals surface area contributed by atoms with Crippen LogP contribution in [0.1, 0.15) is 18.6 Å². The number of benzene rings is 2. The van der Waals surface area contributed by atoms with Gasteiger partial charge in [0, 0.05) is 40.7 Å². The van der Waals surface area contributed by atoms with Gasteiger partial charge >= 0.3 is 0 Å². The summed E-state index contributed by atoms with van der Waals surface area (Å²) in [6.45, 7) is 7.89. The second-order valence-corrected chi connectivity index (χ2v) is 7.98. The Morgan fingerprint density at radius 3 is 1.71 bits per heavy atom. The molecule has 1 N–H and O–H groups in total. The first-order valence-corrected chi connectivity index (χ1v) is 12.9. The van der Waals surface area contributed by atoms with Crippen molar-refractivity contribution in [3.05, 3.63) is 93.1 Å². The molecule has 212 valence electrons. The van der Waals surface area contributed by atoms with Crippen molar-refractivity contribution < 1.29 is 29.2 Å². The zero-order valence-electron chi connectivity index (χ0n) is 20.0. The number of allylic oxidation sites excluding steroid dienone is 1. The lowest BCUT2D eigenvalue weighted by Crippen LogP contribution is -2.03. The molecule has 0 saturated carbocycles. The molecule has 0 aliphatic rings. The maximum Gasteiger partial charge on any atom is 0.270 e. The van der Waals surface area contributed by atoms with E-state index in [1.165, 1.54) is 30.3 Å². The van der Waals surface area contributed by atoms with E-state index in [4.69, 9.17) is 42.5 Å². The van der Waals surface area contributed by atoms with E-state index in [-0.39, 0.29) is 32.0 Å². The van der Waals surface area contributed by atoms with Crippen LogP contribution in [0.25, 0.3) is 0 Å². The Morgan fingerprint density at radius 1 is 0.895 bits per heavy atom. The summed E-state index contributed by atoms with van der Waals surface area (Å²) in [5.74, 6) is 1.64. The van der Waals surface area contributed by atoms with Crippen LogP contribution in [0.15, 0.2) is 61.7 Å². The molecule has 2 aromatic rings. The van der Waals surface area contributed by atoms with Crippen LogP contribution in [0.4, 0.5) is 11.4 Å². The van der Waals surface area contributed by atoms with Crippen molar-refractivity contribution in [1.29, 1.82) is 0 Å². The van der Waals surface area contributed by atoms with Crippen LogP contribution in [0.3, 0.4) is 0 Å². The summed E-state index contributed by atoms with van der Waals surface area (Å²) in [5.41, 5.74) is 0.938. The zero-order chi connectivity index (χ0) is 28.1. The van der Waals surface area contributed by atoms with Crippen LogP contribution < -0.4 is 9.47 Å². The average Bonchev–Trinajstić information content (AvgIpc) is 2.91. The van der Waals surface area contributed by atoms with Crippen molar-refractivity contribution in [2.75, 3.05) is 36.9 Å². The number of halogens is 3. The second-order valence-electron chi connectivity index (χ2n) is 6.58. The molecule has 13 heteroatoms. The van der Waals surface area contributed by atoms with E-state index in [1.54, 1.807) is 18.2 Å². The van der Waals surface area contributed by atoms with Gasteiger partial charge in [-0.25, -0.2) is 0 Å². The molecule has 2 rings (SSSR count). The molecule has 0 aliphatic heterocycles. The molecule has 38 heavy (non-hydrogen) atoms. The number of non-ortho nitro benzene ring substituents is 2. The summed E-state index contributed by atoms with van der Waals surface area (Å²) in [7, 11) is 0. The number of hydrogen-bond donors (Lipinski definition) is 1. The third-order valence-corrected chi connectivity index (χ3v) is 4.72. The lowest BCUT2D eigenvalue weighted by Gasteiger charge is -2.10. The van der Waals surface area contributed by atoms with Crippen molar-refractivity contribution in [3.63, 3.8) is 0 Å². The van der Waals surface area contributed by atoms with Crippen LogP contribution in [0.2, 0.25) is 0 Å². The predicted octanol–water partition coefficient (Wildman–Crippen LogP) is 6.82. The molecule has 0 bridgehead atoms. The van der Waals surface area contributed by atoms with Gasteiger partial charge in [0.2, 0.25) is 0 Å². The van der Waals surface area contributed by atoms with E-state index in [0.717, 1.165) is 5.33 Å². The fraction of sp³-hybridized carbons (Fsp3) is 0.360. The van der Waals surface area contributed by atoms with E-state index in [2.05, 4.69) is 29.1 Å². The molecule has 0 saturated heterocycles. The average molecular weight is 640 g/mol. The smallest absolute Gasteiger partial charge is 0.270 e. The number of hydrogen-bond acceptors (Lipinski definition) is 8. The normalized spacial score (nSPS) is 9.37. The van der Waals surface area contributed by atoms with Crippen molar-refractivity contribution in [3.8, 4) is 11.5 Å². The molecule has 0 aliphatic carbocycles. The topological polar surface area (TPSA) is 134 Å². The molecule has 0 radical (unpaired) electrons. The van der Waals surface area contributed by atoms with E-state index in [0.29, 0.717) is 54.2 Å². The van der Waals surface area contributed by atoms with Crippen LogP contribution in [0, 0.1) is 20.2 Å². The SMILES string of the molecule is C.C=CCBr.C=CCOCc1cc([N+](=O)[O-])ccc1OCCCl.O=[N+]([O-])c1ccc(OCCCl)c(CO)c1. The number of nitrogens with zero attached hydrogens (tertiary/aromatic N) is 2. The predicted molar refractivity (Wildman–Crippen MR) is 155 cm³/mol.